The molecule has 2 unspecified atom stereocenters. The van der Waals surface area contributed by atoms with Crippen LogP contribution in [0.25, 0.3) is 22.4 Å². The van der Waals surface area contributed by atoms with Gasteiger partial charge in [0.2, 0.25) is 11.8 Å². The first-order valence-electron chi connectivity index (χ1n) is 11.1. The number of imide groups is 1. The zero-order valence-corrected chi connectivity index (χ0v) is 19.1. The summed E-state index contributed by atoms with van der Waals surface area (Å²) in [4.78, 5) is 58.1. The summed E-state index contributed by atoms with van der Waals surface area (Å²) in [7, 11) is 0. The van der Waals surface area contributed by atoms with Crippen LogP contribution in [-0.4, -0.2) is 38.3 Å². The minimum absolute atomic E-state index is 0.00308. The molecule has 7 rings (SSSR count). The van der Waals surface area contributed by atoms with Crippen molar-refractivity contribution in [3.8, 4) is 11.4 Å². The lowest BCUT2D eigenvalue weighted by Gasteiger charge is -2.38. The van der Waals surface area contributed by atoms with Gasteiger partial charge in [0.05, 0.1) is 39.1 Å². The van der Waals surface area contributed by atoms with E-state index in [4.69, 9.17) is 11.6 Å². The summed E-state index contributed by atoms with van der Waals surface area (Å²) in [6.07, 6.45) is 3.33. The molecule has 9 heteroatoms. The number of carboxylic acids is 1. The highest BCUT2D eigenvalue weighted by atomic mass is 35.5. The van der Waals surface area contributed by atoms with Gasteiger partial charge in [0, 0.05) is 11.1 Å². The molecule has 1 aromatic heterocycles. The number of hydrogen-bond donors (Lipinski definition) is 1. The number of hydrogen-bond acceptors (Lipinski definition) is 5. The molecule has 1 N–H and O–H groups in total. The van der Waals surface area contributed by atoms with E-state index in [0.717, 1.165) is 4.90 Å². The Kier molecular flexibility index (Phi) is 4.03. The Morgan fingerprint density at radius 3 is 2.36 bits per heavy atom. The number of allylic oxidation sites excluding steroid dienone is 1. The minimum atomic E-state index is -1.21. The third kappa shape index (κ3) is 2.51. The Morgan fingerprint density at radius 1 is 0.889 bits per heavy atom. The van der Waals surface area contributed by atoms with E-state index in [-0.39, 0.29) is 27.7 Å². The molecule has 2 aliphatic heterocycles. The number of nitrogens with zero attached hydrogens (tertiary/aromatic N) is 3. The largest absolute Gasteiger partial charge is 0.478 e. The summed E-state index contributed by atoms with van der Waals surface area (Å²) >= 11 is 6.31. The Morgan fingerprint density at radius 2 is 1.58 bits per heavy atom. The highest BCUT2D eigenvalue weighted by Gasteiger charge is 2.47. The maximum absolute atomic E-state index is 13.7. The molecule has 0 bridgehead atoms. The van der Waals surface area contributed by atoms with Crippen molar-refractivity contribution >= 4 is 52.0 Å². The molecule has 0 saturated carbocycles. The molecular weight excluding hydrogens is 482 g/mol. The zero-order valence-electron chi connectivity index (χ0n) is 18.3. The van der Waals surface area contributed by atoms with Gasteiger partial charge in [0.15, 0.2) is 0 Å². The van der Waals surface area contributed by atoms with E-state index < -0.39 is 29.6 Å². The Bertz CT molecular complexity index is 1770. The number of amides is 2. The zero-order chi connectivity index (χ0) is 24.9. The van der Waals surface area contributed by atoms with Gasteiger partial charge in [0.1, 0.15) is 5.82 Å². The van der Waals surface area contributed by atoms with Crippen molar-refractivity contribution in [2.45, 2.75) is 11.8 Å². The molecular formula is C27H14ClN3O5. The average Bonchev–Trinajstić information content (AvgIpc) is 3.27. The second-order valence-corrected chi connectivity index (χ2v) is 9.28. The van der Waals surface area contributed by atoms with Gasteiger partial charge < -0.3 is 5.11 Å². The predicted octanol–water partition coefficient (Wildman–Crippen LogP) is 4.63. The monoisotopic (exact) mass is 495 g/mol. The van der Waals surface area contributed by atoms with E-state index in [2.05, 4.69) is 4.98 Å². The third-order valence-electron chi connectivity index (χ3n) is 7.05. The molecule has 36 heavy (non-hydrogen) atoms. The molecule has 0 saturated heterocycles. The fraction of sp³-hybridized carbons (Fsp3) is 0.0741. The van der Waals surface area contributed by atoms with Gasteiger partial charge in [-0.25, -0.2) is 14.7 Å². The molecule has 3 aliphatic rings. The summed E-state index contributed by atoms with van der Waals surface area (Å²) in [5, 5.41) is 9.47. The number of fused-ring (bicyclic) bond motifs is 4. The smallest absolute Gasteiger partial charge is 0.335 e. The van der Waals surface area contributed by atoms with Gasteiger partial charge in [-0.1, -0.05) is 42.0 Å². The van der Waals surface area contributed by atoms with Crippen LogP contribution in [0, 0.1) is 0 Å². The number of carboxylic acid groups (broad SMARTS) is 1. The lowest BCUT2D eigenvalue weighted by molar-refractivity contribution is -0.118. The van der Waals surface area contributed by atoms with Gasteiger partial charge in [0.25, 0.3) is 5.91 Å². The van der Waals surface area contributed by atoms with Crippen LogP contribution in [0.2, 0.25) is 5.02 Å². The Labute approximate surface area is 208 Å². The highest BCUT2D eigenvalue weighted by molar-refractivity contribution is 6.37. The minimum Gasteiger partial charge on any atom is -0.478 e. The molecule has 0 radical (unpaired) electrons. The van der Waals surface area contributed by atoms with Gasteiger partial charge in [-0.3, -0.25) is 19.0 Å². The van der Waals surface area contributed by atoms with E-state index in [0.29, 0.717) is 33.5 Å². The van der Waals surface area contributed by atoms with E-state index in [9.17, 15) is 24.3 Å². The molecule has 1 aliphatic carbocycles. The molecule has 3 aromatic carbocycles. The first-order valence-corrected chi connectivity index (χ1v) is 11.5. The fourth-order valence-electron chi connectivity index (χ4n) is 5.49. The third-order valence-corrected chi connectivity index (χ3v) is 7.37. The Hall–Kier alpha value is -4.56. The van der Waals surface area contributed by atoms with Crippen LogP contribution in [0.1, 0.15) is 48.5 Å². The van der Waals surface area contributed by atoms with Crippen molar-refractivity contribution in [3.63, 3.8) is 0 Å². The molecule has 2 atom stereocenters. The van der Waals surface area contributed by atoms with Crippen molar-refractivity contribution in [1.29, 1.82) is 0 Å². The summed E-state index contributed by atoms with van der Waals surface area (Å²) in [5.74, 6) is -3.62. The topological polar surface area (TPSA) is 110 Å². The standard InChI is InChI=1S/C27H14ClN3O5/c28-17-10-5-12(27(35)36)11-20(17)31-25(33)15-7-6-13-21-14(8-9-16(22(15)21)26(31)34)24(32)30-19-4-2-1-3-18(19)29-23(13)30/h1-11,14,16H,(H,35,36). The summed E-state index contributed by atoms with van der Waals surface area (Å²) in [6.45, 7) is 0. The maximum atomic E-state index is 13.7. The lowest BCUT2D eigenvalue weighted by atomic mass is 9.73. The van der Waals surface area contributed by atoms with Crippen LogP contribution in [0.3, 0.4) is 0 Å². The van der Waals surface area contributed by atoms with Crippen molar-refractivity contribution in [2.75, 3.05) is 4.90 Å². The Balaban J connectivity index is 1.46. The van der Waals surface area contributed by atoms with Gasteiger partial charge in [-0.05, 0) is 47.5 Å². The van der Waals surface area contributed by atoms with Gasteiger partial charge in [-0.15, -0.1) is 0 Å². The van der Waals surface area contributed by atoms with Crippen LogP contribution in [0.5, 0.6) is 0 Å². The molecule has 2 amide bonds. The van der Waals surface area contributed by atoms with Crippen LogP contribution >= 0.6 is 11.6 Å². The molecule has 3 heterocycles. The van der Waals surface area contributed by atoms with Crippen molar-refractivity contribution in [2.24, 2.45) is 0 Å². The number of rotatable bonds is 2. The highest BCUT2D eigenvalue weighted by Crippen LogP contribution is 2.49. The number of anilines is 1. The molecule has 4 aromatic rings. The average molecular weight is 496 g/mol. The predicted molar refractivity (Wildman–Crippen MR) is 131 cm³/mol. The summed E-state index contributed by atoms with van der Waals surface area (Å²) < 4.78 is 1.59. The van der Waals surface area contributed by atoms with Gasteiger partial charge in [-0.2, -0.15) is 0 Å². The summed E-state index contributed by atoms with van der Waals surface area (Å²) in [6, 6.07) is 14.6. The number of carbonyl (C=O) groups is 4. The van der Waals surface area contributed by atoms with E-state index in [1.165, 1.54) is 18.2 Å². The van der Waals surface area contributed by atoms with Crippen LogP contribution in [0.4, 0.5) is 5.69 Å². The maximum Gasteiger partial charge on any atom is 0.335 e. The molecule has 0 spiro atoms. The number of para-hydroxylation sites is 2. The lowest BCUT2D eigenvalue weighted by Crippen LogP contribution is -2.46. The fourth-order valence-corrected chi connectivity index (χ4v) is 5.69. The van der Waals surface area contributed by atoms with Crippen LogP contribution in [0.15, 0.2) is 66.7 Å². The normalized spacial score (nSPS) is 19.5. The molecule has 0 fully saturated rings. The molecule has 8 nitrogen and oxygen atoms in total. The second-order valence-electron chi connectivity index (χ2n) is 8.88. The van der Waals surface area contributed by atoms with E-state index in [1.54, 1.807) is 28.9 Å². The van der Waals surface area contributed by atoms with E-state index in [1.807, 2.05) is 24.3 Å². The van der Waals surface area contributed by atoms with Crippen LogP contribution in [-0.2, 0) is 4.79 Å². The van der Waals surface area contributed by atoms with Gasteiger partial charge >= 0.3 is 5.97 Å². The number of aromatic carboxylic acids is 1. The SMILES string of the molecule is O=C(O)c1ccc(Cl)c(N2C(=O)c3ccc4c5c3C(C=CC5C(=O)n3c-4nc4ccccc43)C2=O)c1. The number of aromatic nitrogens is 2. The second kappa shape index (κ2) is 6.99. The number of carbonyl (C=O) groups excluding carboxylic acids is 3. The first-order chi connectivity index (χ1) is 17.4. The quantitative estimate of drug-likeness (QED) is 0.320. The van der Waals surface area contributed by atoms with E-state index >= 15 is 0 Å². The van der Waals surface area contributed by atoms with Crippen LogP contribution < -0.4 is 4.90 Å². The number of benzene rings is 3. The molecule has 174 valence electrons. The first kappa shape index (κ1) is 20.8. The van der Waals surface area contributed by atoms with Crippen molar-refractivity contribution in [1.82, 2.24) is 9.55 Å². The van der Waals surface area contributed by atoms with Crippen molar-refractivity contribution in [3.05, 3.63) is 94.0 Å². The number of imidazole rings is 1. The van der Waals surface area contributed by atoms with Crippen molar-refractivity contribution < 1.29 is 24.3 Å². The summed E-state index contributed by atoms with van der Waals surface area (Å²) in [5.41, 5.74) is 3.34. The number of halogens is 1.